The molecule has 2 fully saturated rings. The molecule has 10 heteroatoms. The van der Waals surface area contributed by atoms with Gasteiger partial charge >= 0.3 is 11.9 Å². The number of benzene rings is 1. The molecule has 2 aromatic heterocycles. The third kappa shape index (κ3) is 5.40. The van der Waals surface area contributed by atoms with Crippen LogP contribution in [0.15, 0.2) is 59.5 Å². The first kappa shape index (κ1) is 25.9. The molecule has 206 valence electrons. The Morgan fingerprint density at radius 1 is 0.925 bits per heavy atom. The first-order valence-corrected chi connectivity index (χ1v) is 13.7. The van der Waals surface area contributed by atoms with Crippen LogP contribution in [-0.2, 0) is 23.2 Å². The van der Waals surface area contributed by atoms with E-state index >= 15 is 0 Å². The van der Waals surface area contributed by atoms with Gasteiger partial charge in [0, 0.05) is 62.6 Å². The Balaban J connectivity index is 1.31. The van der Waals surface area contributed by atoms with Crippen molar-refractivity contribution in [2.24, 2.45) is 7.05 Å². The van der Waals surface area contributed by atoms with Gasteiger partial charge in [-0.05, 0) is 56.0 Å². The average Bonchev–Trinajstić information content (AvgIpc) is 3.48. The number of ether oxygens (including phenoxy) is 2. The van der Waals surface area contributed by atoms with Crippen LogP contribution in [0.5, 0.6) is 11.6 Å². The van der Waals surface area contributed by atoms with Crippen LogP contribution in [0.2, 0.25) is 0 Å². The first-order valence-electron chi connectivity index (χ1n) is 13.7. The number of carbonyl (C=O) groups is 2. The second-order valence-electron chi connectivity index (χ2n) is 10.5. The van der Waals surface area contributed by atoms with Crippen molar-refractivity contribution in [2.45, 2.75) is 38.1 Å². The number of piperidine rings is 1. The molecule has 0 saturated carbocycles. The largest absolute Gasteiger partial charge is 0.415 e. The third-order valence-corrected chi connectivity index (χ3v) is 7.76. The maximum Gasteiger partial charge on any atom is 0.337 e. The van der Waals surface area contributed by atoms with Gasteiger partial charge in [0.25, 0.3) is 5.56 Å². The molecule has 1 aromatic carbocycles. The predicted octanol–water partition coefficient (Wildman–Crippen LogP) is 3.20. The number of pyridine rings is 1. The van der Waals surface area contributed by atoms with E-state index < -0.39 is 17.5 Å². The molecular weight excluding hydrogens is 510 g/mol. The third-order valence-electron chi connectivity index (χ3n) is 7.76. The summed E-state index contributed by atoms with van der Waals surface area (Å²) in [5.41, 5.74) is 2.74. The average molecular weight is 542 g/mol. The van der Waals surface area contributed by atoms with Crippen molar-refractivity contribution < 1.29 is 19.1 Å². The van der Waals surface area contributed by atoms with Crippen LogP contribution >= 0.6 is 0 Å². The lowest BCUT2D eigenvalue weighted by Gasteiger charge is -2.35. The van der Waals surface area contributed by atoms with Crippen LogP contribution in [0.4, 0.5) is 5.95 Å². The monoisotopic (exact) mass is 541 g/mol. The fourth-order valence-electron chi connectivity index (χ4n) is 5.69. The van der Waals surface area contributed by atoms with Crippen molar-refractivity contribution in [1.82, 2.24) is 19.4 Å². The summed E-state index contributed by atoms with van der Waals surface area (Å²) in [6.45, 7) is 4.78. The number of carbonyl (C=O) groups excluding carboxylic acids is 2. The molecule has 2 bridgehead atoms. The summed E-state index contributed by atoms with van der Waals surface area (Å²) in [6.07, 6.45) is 7.86. The molecule has 1 atom stereocenters. The lowest BCUT2D eigenvalue weighted by molar-refractivity contribution is -0.131. The molecule has 3 aliphatic heterocycles. The summed E-state index contributed by atoms with van der Waals surface area (Å²) >= 11 is 0. The first-order chi connectivity index (χ1) is 19.4. The molecule has 0 amide bonds. The molecule has 2 saturated heterocycles. The fourth-order valence-corrected chi connectivity index (χ4v) is 5.69. The highest BCUT2D eigenvalue weighted by Gasteiger charge is 2.28. The summed E-state index contributed by atoms with van der Waals surface area (Å²) in [5, 5.41) is 0. The van der Waals surface area contributed by atoms with Gasteiger partial charge in [0.05, 0.1) is 0 Å². The number of aromatic nitrogens is 3. The normalized spacial score (nSPS) is 20.3. The highest BCUT2D eigenvalue weighted by molar-refractivity contribution is 5.94. The lowest BCUT2D eigenvalue weighted by atomic mass is 9.90. The van der Waals surface area contributed by atoms with E-state index in [1.165, 1.54) is 53.9 Å². The topological polar surface area (TPSA) is 107 Å². The molecular formula is C30H31N5O5. The van der Waals surface area contributed by atoms with Gasteiger partial charge in [-0.15, -0.1) is 0 Å². The Bertz CT molecular complexity index is 1520. The van der Waals surface area contributed by atoms with Gasteiger partial charge in [-0.25, -0.2) is 19.6 Å². The Morgan fingerprint density at radius 2 is 1.68 bits per heavy atom. The number of rotatable bonds is 4. The molecule has 40 heavy (non-hydrogen) atoms. The SMILES string of the molecule is Cn1c(N2CCCC(c3ccc(CN4CCCC4)cc3)C2)nc2c(c1=O)OC(=O)/C=C/C(=O)Oc1cc-2ccn1. The van der Waals surface area contributed by atoms with Gasteiger partial charge in [0.15, 0.2) is 0 Å². The molecule has 6 rings (SSSR count). The van der Waals surface area contributed by atoms with E-state index in [-0.39, 0.29) is 17.3 Å². The zero-order valence-electron chi connectivity index (χ0n) is 22.4. The molecule has 3 aliphatic rings. The molecule has 3 aromatic rings. The minimum absolute atomic E-state index is 0.0303. The Kier molecular flexibility index (Phi) is 7.17. The van der Waals surface area contributed by atoms with Crippen molar-refractivity contribution in [3.05, 3.63) is 76.2 Å². The summed E-state index contributed by atoms with van der Waals surface area (Å²) in [4.78, 5) is 51.5. The van der Waals surface area contributed by atoms with E-state index in [0.29, 0.717) is 24.0 Å². The number of fused-ring (bicyclic) bond motifs is 4. The van der Waals surface area contributed by atoms with E-state index in [2.05, 4.69) is 39.0 Å². The zero-order chi connectivity index (χ0) is 27.6. The van der Waals surface area contributed by atoms with Crippen molar-refractivity contribution in [3.8, 4) is 22.9 Å². The molecule has 0 radical (unpaired) electrons. The molecule has 1 unspecified atom stereocenters. The van der Waals surface area contributed by atoms with E-state index in [9.17, 15) is 14.4 Å². The van der Waals surface area contributed by atoms with Crippen LogP contribution in [0.25, 0.3) is 11.3 Å². The maximum absolute atomic E-state index is 13.5. The van der Waals surface area contributed by atoms with Crippen molar-refractivity contribution in [3.63, 3.8) is 0 Å². The summed E-state index contributed by atoms with van der Waals surface area (Å²) in [7, 11) is 1.63. The Hall–Kier alpha value is -4.31. The van der Waals surface area contributed by atoms with Crippen molar-refractivity contribution >= 4 is 17.9 Å². The molecule has 10 nitrogen and oxygen atoms in total. The molecule has 5 heterocycles. The number of hydrogen-bond acceptors (Lipinski definition) is 9. The second-order valence-corrected chi connectivity index (χ2v) is 10.5. The van der Waals surface area contributed by atoms with Crippen LogP contribution in [0.1, 0.15) is 42.7 Å². The zero-order valence-corrected chi connectivity index (χ0v) is 22.4. The van der Waals surface area contributed by atoms with Crippen molar-refractivity contribution in [1.29, 1.82) is 0 Å². The molecule has 0 N–H and O–H groups in total. The minimum Gasteiger partial charge on any atom is -0.415 e. The molecule has 0 aliphatic carbocycles. The number of likely N-dealkylation sites (tertiary alicyclic amines) is 1. The minimum atomic E-state index is -0.876. The van der Waals surface area contributed by atoms with Gasteiger partial charge in [-0.1, -0.05) is 24.3 Å². The fraction of sp³-hybridized carbons (Fsp3) is 0.367. The second kappa shape index (κ2) is 11.1. The van der Waals surface area contributed by atoms with E-state index in [1.54, 1.807) is 13.1 Å². The Labute approximate surface area is 231 Å². The smallest absolute Gasteiger partial charge is 0.337 e. The highest BCUT2D eigenvalue weighted by Crippen LogP contribution is 2.33. The summed E-state index contributed by atoms with van der Waals surface area (Å²) < 4.78 is 12.0. The van der Waals surface area contributed by atoms with Crippen LogP contribution in [0, 0.1) is 0 Å². The maximum atomic E-state index is 13.5. The van der Waals surface area contributed by atoms with Crippen LogP contribution < -0.4 is 19.9 Å². The number of nitrogens with zero attached hydrogens (tertiary/aromatic N) is 5. The molecule has 0 spiro atoms. The predicted molar refractivity (Wildman–Crippen MR) is 148 cm³/mol. The standard InChI is InChI=1S/C30H31N5O5/c1-33-29(38)28-27(22-12-13-31-24(17-22)39-25(36)10-11-26(37)40-28)32-30(33)35-16-4-5-23(19-35)21-8-6-20(7-9-21)18-34-14-2-3-15-34/h6-13,17,23H,2-5,14-16,18-19H2,1H3/b11-10+. The van der Waals surface area contributed by atoms with Gasteiger partial charge in [0.1, 0.15) is 5.69 Å². The van der Waals surface area contributed by atoms with Crippen molar-refractivity contribution in [2.75, 3.05) is 31.1 Å². The van der Waals surface area contributed by atoms with Gasteiger partial charge in [0.2, 0.25) is 17.6 Å². The van der Waals surface area contributed by atoms with E-state index in [1.807, 2.05) is 0 Å². The van der Waals surface area contributed by atoms with Gasteiger partial charge < -0.3 is 14.4 Å². The quantitative estimate of drug-likeness (QED) is 0.460. The number of hydrogen-bond donors (Lipinski definition) is 0. The lowest BCUT2D eigenvalue weighted by Crippen LogP contribution is -2.39. The summed E-state index contributed by atoms with van der Waals surface area (Å²) in [5.74, 6) is -1.07. The number of esters is 2. The summed E-state index contributed by atoms with van der Waals surface area (Å²) in [6, 6.07) is 12.1. The number of anilines is 1. The van der Waals surface area contributed by atoms with Gasteiger partial charge in [-0.2, -0.15) is 0 Å². The van der Waals surface area contributed by atoms with Crippen LogP contribution in [0.3, 0.4) is 0 Å². The highest BCUT2D eigenvalue weighted by atomic mass is 16.5. The Morgan fingerprint density at radius 3 is 2.45 bits per heavy atom. The van der Waals surface area contributed by atoms with E-state index in [4.69, 9.17) is 14.5 Å². The van der Waals surface area contributed by atoms with Crippen LogP contribution in [-0.4, -0.2) is 57.6 Å². The van der Waals surface area contributed by atoms with Gasteiger partial charge in [-0.3, -0.25) is 14.3 Å². The van der Waals surface area contributed by atoms with E-state index in [0.717, 1.165) is 38.1 Å².